The van der Waals surface area contributed by atoms with Gasteiger partial charge in [-0.3, -0.25) is 4.99 Å². The highest BCUT2D eigenvalue weighted by Crippen LogP contribution is 2.37. The van der Waals surface area contributed by atoms with Crippen LogP contribution in [0, 0.1) is 5.92 Å². The smallest absolute Gasteiger partial charge is 0.147 e. The Morgan fingerprint density at radius 3 is 2.88 bits per heavy atom. The summed E-state index contributed by atoms with van der Waals surface area (Å²) in [5.41, 5.74) is 4.33. The van der Waals surface area contributed by atoms with Crippen LogP contribution in [0.5, 0.6) is 5.75 Å². The van der Waals surface area contributed by atoms with Gasteiger partial charge < -0.3 is 10.1 Å². The molecule has 2 aromatic carbocycles. The van der Waals surface area contributed by atoms with E-state index in [4.69, 9.17) is 21.3 Å². The third-order valence-corrected chi connectivity index (χ3v) is 4.96. The van der Waals surface area contributed by atoms with Crippen LogP contribution in [0.4, 0.5) is 5.69 Å². The zero-order valence-electron chi connectivity index (χ0n) is 14.0. The zero-order chi connectivity index (χ0) is 16.7. The van der Waals surface area contributed by atoms with Gasteiger partial charge in [-0.2, -0.15) is 0 Å². The Morgan fingerprint density at radius 1 is 1.17 bits per heavy atom. The molecule has 2 aliphatic heterocycles. The highest BCUT2D eigenvalue weighted by Gasteiger charge is 2.32. The number of hydrogen-bond donors (Lipinski definition) is 1. The Bertz CT molecular complexity index is 813. The SMILES string of the molecule is CC1(C)CN=C(C2CNc3ccccc3C2)c2cccc(Cl)c2O1. The van der Waals surface area contributed by atoms with Gasteiger partial charge in [0.15, 0.2) is 0 Å². The first-order valence-corrected chi connectivity index (χ1v) is 8.75. The van der Waals surface area contributed by atoms with Crippen LogP contribution in [0.1, 0.15) is 25.0 Å². The van der Waals surface area contributed by atoms with Crippen LogP contribution in [-0.2, 0) is 6.42 Å². The van der Waals surface area contributed by atoms with Gasteiger partial charge in [0.2, 0.25) is 0 Å². The van der Waals surface area contributed by atoms with Crippen molar-refractivity contribution >= 4 is 23.0 Å². The van der Waals surface area contributed by atoms with Gasteiger partial charge >= 0.3 is 0 Å². The largest absolute Gasteiger partial charge is 0.484 e. The van der Waals surface area contributed by atoms with Crippen LogP contribution in [0.25, 0.3) is 0 Å². The minimum absolute atomic E-state index is 0.314. The first-order chi connectivity index (χ1) is 11.5. The molecule has 2 aromatic rings. The number of nitrogens with zero attached hydrogens (tertiary/aromatic N) is 1. The Kier molecular flexibility index (Phi) is 3.76. The summed E-state index contributed by atoms with van der Waals surface area (Å²) in [4.78, 5) is 4.95. The molecule has 124 valence electrons. The molecule has 0 amide bonds. The molecule has 2 heterocycles. The second kappa shape index (κ2) is 5.82. The number of fused-ring (bicyclic) bond motifs is 2. The first-order valence-electron chi connectivity index (χ1n) is 8.37. The van der Waals surface area contributed by atoms with Crippen molar-refractivity contribution in [2.45, 2.75) is 25.9 Å². The summed E-state index contributed by atoms with van der Waals surface area (Å²) in [5, 5.41) is 4.19. The lowest BCUT2D eigenvalue weighted by molar-refractivity contribution is 0.121. The highest BCUT2D eigenvalue weighted by atomic mass is 35.5. The van der Waals surface area contributed by atoms with E-state index in [2.05, 4.69) is 49.5 Å². The van der Waals surface area contributed by atoms with E-state index in [1.165, 1.54) is 11.3 Å². The Hall–Kier alpha value is -2.00. The van der Waals surface area contributed by atoms with Crippen molar-refractivity contribution in [3.8, 4) is 5.75 Å². The number of ether oxygens (including phenoxy) is 1. The maximum atomic E-state index is 6.43. The molecule has 1 unspecified atom stereocenters. The van der Waals surface area contributed by atoms with Crippen molar-refractivity contribution in [1.82, 2.24) is 0 Å². The van der Waals surface area contributed by atoms with Crippen LogP contribution in [0.3, 0.4) is 0 Å². The van der Waals surface area contributed by atoms with Crippen molar-refractivity contribution < 1.29 is 4.74 Å². The number of benzene rings is 2. The summed E-state index contributed by atoms with van der Waals surface area (Å²) in [6, 6.07) is 14.4. The topological polar surface area (TPSA) is 33.6 Å². The zero-order valence-corrected chi connectivity index (χ0v) is 14.7. The number of nitrogens with one attached hydrogen (secondary N) is 1. The second-order valence-electron chi connectivity index (χ2n) is 7.12. The highest BCUT2D eigenvalue weighted by molar-refractivity contribution is 6.32. The molecule has 3 nitrogen and oxygen atoms in total. The van der Waals surface area contributed by atoms with Crippen molar-refractivity contribution in [3.05, 3.63) is 58.6 Å². The van der Waals surface area contributed by atoms with Gasteiger partial charge in [0.25, 0.3) is 0 Å². The Labute approximate surface area is 147 Å². The molecular formula is C20H21ClN2O. The molecule has 2 aliphatic rings. The van der Waals surface area contributed by atoms with Crippen LogP contribution in [0.15, 0.2) is 47.5 Å². The van der Waals surface area contributed by atoms with Gasteiger partial charge in [0.1, 0.15) is 11.4 Å². The maximum Gasteiger partial charge on any atom is 0.147 e. The maximum absolute atomic E-state index is 6.43. The fraction of sp³-hybridized carbons (Fsp3) is 0.350. The van der Waals surface area contributed by atoms with Gasteiger partial charge in [-0.1, -0.05) is 35.9 Å². The number of hydrogen-bond acceptors (Lipinski definition) is 3. The normalized spacial score (nSPS) is 21.5. The van der Waals surface area contributed by atoms with Gasteiger partial charge in [0.05, 0.1) is 17.3 Å². The molecule has 1 atom stereocenters. The summed E-state index contributed by atoms with van der Waals surface area (Å²) >= 11 is 6.43. The summed E-state index contributed by atoms with van der Waals surface area (Å²) in [5.74, 6) is 1.08. The molecule has 4 heteroatoms. The Balaban J connectivity index is 1.76. The van der Waals surface area contributed by atoms with E-state index >= 15 is 0 Å². The van der Waals surface area contributed by atoms with Gasteiger partial charge in [0, 0.05) is 23.7 Å². The lowest BCUT2D eigenvalue weighted by Crippen LogP contribution is -2.32. The number of para-hydroxylation sites is 2. The first kappa shape index (κ1) is 15.5. The third kappa shape index (κ3) is 2.78. The molecule has 0 radical (unpaired) electrons. The average molecular weight is 341 g/mol. The predicted octanol–water partition coefficient (Wildman–Crippen LogP) is 4.58. The fourth-order valence-corrected chi connectivity index (χ4v) is 3.68. The molecule has 0 aliphatic carbocycles. The lowest BCUT2D eigenvalue weighted by Gasteiger charge is -2.27. The van der Waals surface area contributed by atoms with E-state index in [9.17, 15) is 0 Å². The van der Waals surface area contributed by atoms with Crippen molar-refractivity contribution in [2.24, 2.45) is 10.9 Å². The summed E-state index contributed by atoms with van der Waals surface area (Å²) in [6.45, 7) is 5.62. The van der Waals surface area contributed by atoms with Gasteiger partial charge in [-0.15, -0.1) is 0 Å². The number of halogens is 1. The minimum atomic E-state index is -0.360. The third-order valence-electron chi connectivity index (χ3n) is 4.66. The standard InChI is InChI=1S/C20H21ClN2O/c1-20(2)12-23-18(15-7-5-8-16(21)19(15)24-20)14-10-13-6-3-4-9-17(13)22-11-14/h3-9,14,22H,10-12H2,1-2H3. The van der Waals surface area contributed by atoms with Gasteiger partial charge in [-0.25, -0.2) is 0 Å². The number of aliphatic imine (C=N–C) groups is 1. The molecule has 4 rings (SSSR count). The van der Waals surface area contributed by atoms with E-state index in [-0.39, 0.29) is 5.60 Å². The van der Waals surface area contributed by atoms with E-state index in [0.717, 1.165) is 30.0 Å². The van der Waals surface area contributed by atoms with E-state index in [1.807, 2.05) is 12.1 Å². The lowest BCUT2D eigenvalue weighted by atomic mass is 9.87. The molecule has 0 fully saturated rings. The van der Waals surface area contributed by atoms with Crippen LogP contribution >= 0.6 is 11.6 Å². The van der Waals surface area contributed by atoms with Crippen LogP contribution < -0.4 is 10.1 Å². The van der Waals surface area contributed by atoms with Gasteiger partial charge in [-0.05, 0) is 44.0 Å². The van der Waals surface area contributed by atoms with Crippen molar-refractivity contribution in [3.63, 3.8) is 0 Å². The monoisotopic (exact) mass is 340 g/mol. The molecule has 1 N–H and O–H groups in total. The number of anilines is 1. The van der Waals surface area contributed by atoms with Crippen LogP contribution in [0.2, 0.25) is 5.02 Å². The summed E-state index contributed by atoms with van der Waals surface area (Å²) < 4.78 is 6.20. The predicted molar refractivity (Wildman–Crippen MR) is 99.7 cm³/mol. The van der Waals surface area contributed by atoms with Crippen molar-refractivity contribution in [1.29, 1.82) is 0 Å². The molecule has 24 heavy (non-hydrogen) atoms. The van der Waals surface area contributed by atoms with E-state index in [0.29, 0.717) is 17.5 Å². The average Bonchev–Trinajstić information content (AvgIpc) is 2.71. The molecule has 0 aromatic heterocycles. The van der Waals surface area contributed by atoms with Crippen molar-refractivity contribution in [2.75, 3.05) is 18.4 Å². The summed E-state index contributed by atoms with van der Waals surface area (Å²) in [7, 11) is 0. The quantitative estimate of drug-likeness (QED) is 0.824. The molecular weight excluding hydrogens is 320 g/mol. The van der Waals surface area contributed by atoms with E-state index < -0.39 is 0 Å². The van der Waals surface area contributed by atoms with E-state index in [1.54, 1.807) is 0 Å². The molecule has 0 saturated heterocycles. The Morgan fingerprint density at radius 2 is 2.00 bits per heavy atom. The molecule has 0 bridgehead atoms. The molecule has 0 saturated carbocycles. The number of rotatable bonds is 1. The minimum Gasteiger partial charge on any atom is -0.484 e. The fourth-order valence-electron chi connectivity index (χ4n) is 3.47. The summed E-state index contributed by atoms with van der Waals surface area (Å²) in [6.07, 6.45) is 0.981. The second-order valence-corrected chi connectivity index (χ2v) is 7.53. The van der Waals surface area contributed by atoms with Crippen LogP contribution in [-0.4, -0.2) is 24.4 Å². The molecule has 0 spiro atoms.